The highest BCUT2D eigenvalue weighted by Gasteiger charge is 2.24. The lowest BCUT2D eigenvalue weighted by Gasteiger charge is -2.07. The lowest BCUT2D eigenvalue weighted by molar-refractivity contribution is 0.0954. The molecule has 0 fully saturated rings. The zero-order chi connectivity index (χ0) is 23.2. The van der Waals surface area contributed by atoms with E-state index in [2.05, 4.69) is 21.4 Å². The van der Waals surface area contributed by atoms with Crippen molar-refractivity contribution in [3.63, 3.8) is 0 Å². The second-order valence-electron chi connectivity index (χ2n) is 7.28. The van der Waals surface area contributed by atoms with E-state index in [0.29, 0.717) is 40.5 Å². The first-order chi connectivity index (χ1) is 16.1. The van der Waals surface area contributed by atoms with Gasteiger partial charge in [-0.2, -0.15) is 0 Å². The largest absolute Gasteiger partial charge is 0.489 e. The van der Waals surface area contributed by atoms with Crippen LogP contribution in [0.5, 0.6) is 5.75 Å². The quantitative estimate of drug-likeness (QED) is 0.318. The number of ketones is 1. The van der Waals surface area contributed by atoms with Crippen LogP contribution in [0, 0.1) is 19.3 Å². The molecule has 2 heterocycles. The Bertz CT molecular complexity index is 1310. The van der Waals surface area contributed by atoms with Gasteiger partial charge in [0.1, 0.15) is 29.5 Å². The van der Waals surface area contributed by atoms with E-state index in [-0.39, 0.29) is 23.9 Å². The minimum Gasteiger partial charge on any atom is -0.489 e. The molecule has 2 aromatic carbocycles. The van der Waals surface area contributed by atoms with Crippen LogP contribution >= 0.6 is 0 Å². The summed E-state index contributed by atoms with van der Waals surface area (Å²) in [6, 6.07) is 18.6. The number of aryl methyl sites for hydroxylation is 1. The van der Waals surface area contributed by atoms with E-state index < -0.39 is 0 Å². The molecule has 4 rings (SSSR count). The van der Waals surface area contributed by atoms with E-state index >= 15 is 0 Å². The van der Waals surface area contributed by atoms with Crippen LogP contribution in [0.15, 0.2) is 71.4 Å². The molecular formula is C26H21N3O4. The number of H-pyrrole nitrogens is 1. The first kappa shape index (κ1) is 21.7. The van der Waals surface area contributed by atoms with E-state index in [9.17, 15) is 9.59 Å². The second kappa shape index (κ2) is 9.71. The highest BCUT2D eigenvalue weighted by molar-refractivity contribution is 6.13. The van der Waals surface area contributed by atoms with Gasteiger partial charge in [-0.3, -0.25) is 9.59 Å². The fraction of sp³-hybridized carbons (Fsp3) is 0.115. The zero-order valence-corrected chi connectivity index (χ0v) is 17.9. The molecule has 7 nitrogen and oxygen atoms in total. The predicted octanol–water partition coefficient (Wildman–Crippen LogP) is 4.15. The molecule has 164 valence electrons. The Balaban J connectivity index is 1.52. The molecular weight excluding hydrogens is 418 g/mol. The van der Waals surface area contributed by atoms with Crippen molar-refractivity contribution in [2.75, 3.05) is 6.54 Å². The summed E-state index contributed by atoms with van der Waals surface area (Å²) < 4.78 is 11.1. The Morgan fingerprint density at radius 3 is 2.64 bits per heavy atom. The molecule has 4 aromatic rings. The number of ether oxygens (including phenoxy) is 1. The summed E-state index contributed by atoms with van der Waals surface area (Å²) in [5, 5.41) is 6.64. The summed E-state index contributed by atoms with van der Waals surface area (Å²) in [5.74, 6) is 2.72. The lowest BCUT2D eigenvalue weighted by Crippen LogP contribution is -2.23. The number of benzene rings is 2. The monoisotopic (exact) mass is 439 g/mol. The van der Waals surface area contributed by atoms with Crippen LogP contribution in [0.1, 0.15) is 37.7 Å². The minimum absolute atomic E-state index is 0.0983. The van der Waals surface area contributed by atoms with Crippen molar-refractivity contribution in [3.8, 4) is 29.4 Å². The summed E-state index contributed by atoms with van der Waals surface area (Å²) in [7, 11) is 0. The molecule has 0 saturated carbocycles. The number of hydrogen-bond acceptors (Lipinski definition) is 5. The van der Waals surface area contributed by atoms with Gasteiger partial charge in [-0.1, -0.05) is 41.4 Å². The van der Waals surface area contributed by atoms with Crippen LogP contribution < -0.4 is 10.1 Å². The molecule has 2 N–H and O–H groups in total. The number of nitrogens with zero attached hydrogens (tertiary/aromatic N) is 1. The van der Waals surface area contributed by atoms with Crippen molar-refractivity contribution < 1.29 is 18.8 Å². The zero-order valence-electron chi connectivity index (χ0n) is 17.9. The van der Waals surface area contributed by atoms with Gasteiger partial charge in [0.25, 0.3) is 5.91 Å². The molecule has 0 atom stereocenters. The average molecular weight is 439 g/mol. The Kier molecular flexibility index (Phi) is 6.37. The van der Waals surface area contributed by atoms with E-state index in [1.54, 1.807) is 6.92 Å². The predicted molar refractivity (Wildman–Crippen MR) is 123 cm³/mol. The number of carbonyl (C=O) groups excluding carboxylic acids is 2. The van der Waals surface area contributed by atoms with Gasteiger partial charge in [-0.05, 0) is 42.8 Å². The highest BCUT2D eigenvalue weighted by Crippen LogP contribution is 2.29. The van der Waals surface area contributed by atoms with Crippen molar-refractivity contribution >= 4 is 11.7 Å². The first-order valence-corrected chi connectivity index (χ1v) is 10.2. The SMILES string of the molecule is C#CCNC(=O)c1cc(C(=O)c2c(-c3ccc(OCc4ccccc4)cc3)noc2C)c[nH]1. The maximum absolute atomic E-state index is 13.2. The van der Waals surface area contributed by atoms with Crippen molar-refractivity contribution in [2.45, 2.75) is 13.5 Å². The first-order valence-electron chi connectivity index (χ1n) is 10.2. The van der Waals surface area contributed by atoms with Crippen LogP contribution in [0.2, 0.25) is 0 Å². The summed E-state index contributed by atoms with van der Waals surface area (Å²) >= 11 is 0. The Morgan fingerprint density at radius 2 is 1.91 bits per heavy atom. The van der Waals surface area contributed by atoms with Crippen molar-refractivity contribution in [3.05, 3.63) is 95.0 Å². The van der Waals surface area contributed by atoms with Gasteiger partial charge >= 0.3 is 0 Å². The number of aromatic nitrogens is 2. The maximum Gasteiger partial charge on any atom is 0.268 e. The second-order valence-corrected chi connectivity index (χ2v) is 7.28. The van der Waals surface area contributed by atoms with E-state index in [4.69, 9.17) is 15.7 Å². The molecule has 0 spiro atoms. The number of hydrogen-bond donors (Lipinski definition) is 2. The molecule has 0 bridgehead atoms. The molecule has 33 heavy (non-hydrogen) atoms. The van der Waals surface area contributed by atoms with Crippen LogP contribution in [-0.4, -0.2) is 28.4 Å². The lowest BCUT2D eigenvalue weighted by atomic mass is 9.99. The topological polar surface area (TPSA) is 97.2 Å². The van der Waals surface area contributed by atoms with Gasteiger partial charge < -0.3 is 19.6 Å². The van der Waals surface area contributed by atoms with Crippen LogP contribution in [0.4, 0.5) is 0 Å². The number of amides is 1. The minimum atomic E-state index is -0.389. The van der Waals surface area contributed by atoms with Gasteiger partial charge in [-0.25, -0.2) is 0 Å². The third-order valence-electron chi connectivity index (χ3n) is 5.01. The molecule has 0 saturated heterocycles. The summed E-state index contributed by atoms with van der Waals surface area (Å²) in [5.41, 5.74) is 3.10. The third-order valence-corrected chi connectivity index (χ3v) is 5.01. The molecule has 7 heteroatoms. The molecule has 0 radical (unpaired) electrons. The fourth-order valence-corrected chi connectivity index (χ4v) is 3.31. The molecule has 0 aliphatic rings. The summed E-state index contributed by atoms with van der Waals surface area (Å²) in [4.78, 5) is 28.1. The number of terminal acetylenes is 1. The normalized spacial score (nSPS) is 10.4. The molecule has 2 aromatic heterocycles. The summed E-state index contributed by atoms with van der Waals surface area (Å²) in [6.45, 7) is 2.23. The highest BCUT2D eigenvalue weighted by atomic mass is 16.5. The Labute approximate surface area is 190 Å². The summed E-state index contributed by atoms with van der Waals surface area (Å²) in [6.07, 6.45) is 6.64. The molecule has 0 aliphatic heterocycles. The van der Waals surface area contributed by atoms with Gasteiger partial charge in [0.2, 0.25) is 0 Å². The molecule has 0 unspecified atom stereocenters. The Morgan fingerprint density at radius 1 is 1.15 bits per heavy atom. The number of carbonyl (C=O) groups is 2. The maximum atomic E-state index is 13.2. The third kappa shape index (κ3) is 4.86. The van der Waals surface area contributed by atoms with Crippen LogP contribution in [0.25, 0.3) is 11.3 Å². The van der Waals surface area contributed by atoms with Crippen molar-refractivity contribution in [1.82, 2.24) is 15.5 Å². The van der Waals surface area contributed by atoms with Gasteiger partial charge in [0.15, 0.2) is 5.78 Å². The number of nitrogens with one attached hydrogen (secondary N) is 2. The number of rotatable bonds is 8. The van der Waals surface area contributed by atoms with Gasteiger partial charge in [0.05, 0.1) is 12.1 Å². The van der Waals surface area contributed by atoms with E-state index in [1.807, 2.05) is 54.6 Å². The van der Waals surface area contributed by atoms with Crippen molar-refractivity contribution in [2.24, 2.45) is 0 Å². The van der Waals surface area contributed by atoms with Gasteiger partial charge in [0, 0.05) is 17.3 Å². The fourth-order valence-electron chi connectivity index (χ4n) is 3.31. The van der Waals surface area contributed by atoms with Crippen LogP contribution in [0.3, 0.4) is 0 Å². The van der Waals surface area contributed by atoms with Crippen LogP contribution in [-0.2, 0) is 6.61 Å². The van der Waals surface area contributed by atoms with E-state index in [1.165, 1.54) is 12.3 Å². The average Bonchev–Trinajstić information content (AvgIpc) is 3.49. The smallest absolute Gasteiger partial charge is 0.268 e. The number of aromatic amines is 1. The van der Waals surface area contributed by atoms with Gasteiger partial charge in [-0.15, -0.1) is 6.42 Å². The standard InChI is InChI=1S/C26H21N3O4/c1-3-13-27-26(31)22-14-20(15-28-22)25(30)23-17(2)33-29-24(23)19-9-11-21(12-10-19)32-16-18-7-5-4-6-8-18/h1,4-12,14-15,28H,13,16H2,2H3,(H,27,31). The molecule has 0 aliphatic carbocycles. The van der Waals surface area contributed by atoms with Crippen molar-refractivity contribution in [1.29, 1.82) is 0 Å². The Hall–Kier alpha value is -4.57. The van der Waals surface area contributed by atoms with E-state index in [0.717, 1.165) is 5.56 Å². The molecule has 1 amide bonds.